The number of aliphatic hydroxyl groups excluding tert-OH is 1. The molecule has 0 spiro atoms. The number of carbonyl (C=O) groups is 1. The van der Waals surface area contributed by atoms with Crippen LogP contribution in [0.4, 0.5) is 5.69 Å². The lowest BCUT2D eigenvalue weighted by Gasteiger charge is -2.12. The Kier molecular flexibility index (Phi) is 4.87. The minimum absolute atomic E-state index is 0.260. The molecule has 0 aliphatic carbocycles. The van der Waals surface area contributed by atoms with Crippen LogP contribution in [0, 0.1) is 0 Å². The van der Waals surface area contributed by atoms with Crippen LogP contribution in [0.2, 0.25) is 0 Å². The van der Waals surface area contributed by atoms with E-state index in [0.29, 0.717) is 5.69 Å². The maximum absolute atomic E-state index is 11.1. The molecule has 2 aromatic rings. The Morgan fingerprint density at radius 3 is 2.33 bits per heavy atom. The largest absolute Gasteiger partial charge is 0.364 e. The highest BCUT2D eigenvalue weighted by Gasteiger charge is 2.10. The van der Waals surface area contributed by atoms with Crippen molar-refractivity contribution in [2.45, 2.75) is 13.2 Å². The van der Waals surface area contributed by atoms with Crippen LogP contribution < -0.4 is 5.32 Å². The second-order valence-corrected chi connectivity index (χ2v) is 4.65. The fourth-order valence-electron chi connectivity index (χ4n) is 1.96. The van der Waals surface area contributed by atoms with Gasteiger partial charge in [0.2, 0.25) is 5.91 Å². The molecule has 0 atom stereocenters. The molecule has 0 unspecified atom stereocenters. The molecule has 0 bridgehead atoms. The molecule has 0 aliphatic rings. The summed E-state index contributed by atoms with van der Waals surface area (Å²) in [4.78, 5) is 11.1. The Labute approximate surface area is 123 Å². The highest BCUT2D eigenvalue weighted by atomic mass is 16.5. The third-order valence-electron chi connectivity index (χ3n) is 2.93. The first-order valence-corrected chi connectivity index (χ1v) is 6.57. The molecule has 0 aromatic heterocycles. The number of hydrogen-bond acceptors (Lipinski definition) is 3. The second-order valence-electron chi connectivity index (χ2n) is 4.65. The van der Waals surface area contributed by atoms with Crippen molar-refractivity contribution in [1.29, 1.82) is 0 Å². The summed E-state index contributed by atoms with van der Waals surface area (Å²) in [6.07, 6.45) is 2.16. The second kappa shape index (κ2) is 6.83. The number of benzene rings is 2. The summed E-state index contributed by atoms with van der Waals surface area (Å²) in [6, 6.07) is 14.9. The normalized spacial score (nSPS) is 11.0. The van der Waals surface area contributed by atoms with E-state index in [2.05, 4.69) is 5.32 Å². The summed E-state index contributed by atoms with van der Waals surface area (Å²) in [7, 11) is 0. The van der Waals surface area contributed by atoms with Gasteiger partial charge in [0, 0.05) is 18.2 Å². The van der Waals surface area contributed by atoms with E-state index in [1.807, 2.05) is 42.5 Å². The van der Waals surface area contributed by atoms with E-state index >= 15 is 0 Å². The summed E-state index contributed by atoms with van der Waals surface area (Å²) in [5, 5.41) is 21.4. The zero-order chi connectivity index (χ0) is 15.2. The van der Waals surface area contributed by atoms with Gasteiger partial charge in [0.05, 0.1) is 0 Å². The van der Waals surface area contributed by atoms with Gasteiger partial charge in [-0.1, -0.05) is 48.6 Å². The van der Waals surface area contributed by atoms with Crippen LogP contribution in [-0.4, -0.2) is 16.1 Å². The molecule has 0 aliphatic heterocycles. The van der Waals surface area contributed by atoms with Gasteiger partial charge in [-0.05, 0) is 23.3 Å². The molecule has 21 heavy (non-hydrogen) atoms. The van der Waals surface area contributed by atoms with Crippen molar-refractivity contribution in [3.8, 4) is 0 Å². The molecule has 108 valence electrons. The van der Waals surface area contributed by atoms with Crippen LogP contribution in [0.15, 0.2) is 48.5 Å². The van der Waals surface area contributed by atoms with E-state index in [-0.39, 0.29) is 11.5 Å². The first kappa shape index (κ1) is 15.0. The van der Waals surface area contributed by atoms with Gasteiger partial charge in [-0.25, -0.2) is 0 Å². The molecule has 0 saturated heterocycles. The van der Waals surface area contributed by atoms with E-state index in [0.717, 1.165) is 11.1 Å². The summed E-state index contributed by atoms with van der Waals surface area (Å²) in [5.41, 5.74) is 2.53. The topological polar surface area (TPSA) is 69.6 Å². The fourth-order valence-corrected chi connectivity index (χ4v) is 1.96. The zero-order valence-electron chi connectivity index (χ0n) is 11.7. The fraction of sp³-hybridized carbons (Fsp3) is 0.118. The van der Waals surface area contributed by atoms with Crippen LogP contribution in [0.25, 0.3) is 12.2 Å². The van der Waals surface area contributed by atoms with Gasteiger partial charge in [0.15, 0.2) is 6.29 Å². The van der Waals surface area contributed by atoms with Gasteiger partial charge >= 0.3 is 0 Å². The lowest BCUT2D eigenvalue weighted by molar-refractivity contribution is -0.114. The van der Waals surface area contributed by atoms with E-state index in [1.54, 1.807) is 18.2 Å². The van der Waals surface area contributed by atoms with Crippen molar-refractivity contribution in [2.75, 3.05) is 5.32 Å². The van der Waals surface area contributed by atoms with E-state index < -0.39 is 6.29 Å². The van der Waals surface area contributed by atoms with Crippen molar-refractivity contribution in [3.05, 3.63) is 65.2 Å². The van der Waals surface area contributed by atoms with Gasteiger partial charge in [-0.2, -0.15) is 0 Å². The number of amides is 1. The molecule has 3 N–H and O–H groups in total. The van der Waals surface area contributed by atoms with Crippen molar-refractivity contribution in [2.24, 2.45) is 0 Å². The van der Waals surface area contributed by atoms with Crippen molar-refractivity contribution >= 4 is 23.7 Å². The van der Waals surface area contributed by atoms with Crippen LogP contribution in [0.1, 0.15) is 29.9 Å². The maximum atomic E-state index is 11.1. The predicted octanol–water partition coefficient (Wildman–Crippen LogP) is 2.80. The van der Waals surface area contributed by atoms with E-state index in [9.17, 15) is 15.0 Å². The lowest BCUT2D eigenvalue weighted by atomic mass is 10.1. The third kappa shape index (κ3) is 4.27. The minimum atomic E-state index is -1.64. The van der Waals surface area contributed by atoms with Crippen LogP contribution in [0.5, 0.6) is 0 Å². The van der Waals surface area contributed by atoms with Crippen LogP contribution >= 0.6 is 0 Å². The van der Waals surface area contributed by atoms with Gasteiger partial charge < -0.3 is 15.5 Å². The standard InChI is InChI=1S/C17H17NO3/c1-12(19)18-16-10-9-14(11-15(16)17(20)21)8-7-13-5-3-2-4-6-13/h2-11,17,20-21H,1H3,(H,18,19)/b8-7+. The zero-order valence-corrected chi connectivity index (χ0v) is 11.7. The quantitative estimate of drug-likeness (QED) is 0.597. The Bertz CT molecular complexity index is 648. The van der Waals surface area contributed by atoms with Crippen molar-refractivity contribution in [1.82, 2.24) is 0 Å². The Hall–Kier alpha value is -2.43. The SMILES string of the molecule is CC(=O)Nc1ccc(/C=C/c2ccccc2)cc1C(O)O. The van der Waals surface area contributed by atoms with Crippen LogP contribution in [0.3, 0.4) is 0 Å². The Morgan fingerprint density at radius 2 is 1.71 bits per heavy atom. The third-order valence-corrected chi connectivity index (χ3v) is 2.93. The molecule has 2 rings (SSSR count). The lowest BCUT2D eigenvalue weighted by Crippen LogP contribution is -2.10. The highest BCUT2D eigenvalue weighted by Crippen LogP contribution is 2.24. The molecule has 0 fully saturated rings. The van der Waals surface area contributed by atoms with Gasteiger partial charge in [0.1, 0.15) is 0 Å². The molecular weight excluding hydrogens is 266 g/mol. The van der Waals surface area contributed by atoms with Gasteiger partial charge in [0.25, 0.3) is 0 Å². The number of rotatable bonds is 4. The molecule has 0 radical (unpaired) electrons. The number of nitrogens with one attached hydrogen (secondary N) is 1. The molecular formula is C17H17NO3. The molecule has 4 heteroatoms. The molecule has 0 heterocycles. The Balaban J connectivity index is 2.27. The summed E-state index contributed by atoms with van der Waals surface area (Å²) in [6.45, 7) is 1.37. The van der Waals surface area contributed by atoms with Crippen molar-refractivity contribution in [3.63, 3.8) is 0 Å². The number of aliphatic hydroxyl groups is 2. The number of carbonyl (C=O) groups excluding carboxylic acids is 1. The first-order valence-electron chi connectivity index (χ1n) is 6.57. The minimum Gasteiger partial charge on any atom is -0.364 e. The molecule has 4 nitrogen and oxygen atoms in total. The predicted molar refractivity (Wildman–Crippen MR) is 83.3 cm³/mol. The summed E-state index contributed by atoms with van der Waals surface area (Å²) < 4.78 is 0. The average Bonchev–Trinajstić information content (AvgIpc) is 2.46. The smallest absolute Gasteiger partial charge is 0.221 e. The number of anilines is 1. The van der Waals surface area contributed by atoms with Gasteiger partial charge in [-0.15, -0.1) is 0 Å². The summed E-state index contributed by atoms with van der Waals surface area (Å²) >= 11 is 0. The maximum Gasteiger partial charge on any atom is 0.221 e. The Morgan fingerprint density at radius 1 is 1.05 bits per heavy atom. The van der Waals surface area contributed by atoms with Gasteiger partial charge in [-0.3, -0.25) is 4.79 Å². The van der Waals surface area contributed by atoms with E-state index in [1.165, 1.54) is 6.92 Å². The van der Waals surface area contributed by atoms with E-state index in [4.69, 9.17) is 0 Å². The van der Waals surface area contributed by atoms with Crippen molar-refractivity contribution < 1.29 is 15.0 Å². The number of hydrogen-bond donors (Lipinski definition) is 3. The monoisotopic (exact) mass is 283 g/mol. The highest BCUT2D eigenvalue weighted by molar-refractivity contribution is 5.90. The summed E-state index contributed by atoms with van der Waals surface area (Å²) in [5.74, 6) is -0.260. The molecule has 1 amide bonds. The van der Waals surface area contributed by atoms with Crippen LogP contribution in [-0.2, 0) is 4.79 Å². The average molecular weight is 283 g/mol. The molecule has 2 aromatic carbocycles. The molecule has 0 saturated carbocycles. The first-order chi connectivity index (χ1) is 10.1.